The molecule has 0 spiro atoms. The van der Waals surface area contributed by atoms with E-state index in [0.29, 0.717) is 36.6 Å². The molecule has 6 heteroatoms. The van der Waals surface area contributed by atoms with E-state index < -0.39 is 0 Å². The molecule has 1 aromatic rings. The molecule has 4 unspecified atom stereocenters. The van der Waals surface area contributed by atoms with Crippen molar-refractivity contribution in [2.75, 3.05) is 26.7 Å². The predicted molar refractivity (Wildman–Crippen MR) is 105 cm³/mol. The molecular weight excluding hydrogens is 354 g/mol. The lowest BCUT2D eigenvalue weighted by atomic mass is 9.68. The van der Waals surface area contributed by atoms with Gasteiger partial charge in [-0.15, -0.1) is 0 Å². The molecule has 1 aliphatic carbocycles. The van der Waals surface area contributed by atoms with Crippen LogP contribution in [0.15, 0.2) is 22.2 Å². The summed E-state index contributed by atoms with van der Waals surface area (Å²) in [6.45, 7) is 3.31. The van der Waals surface area contributed by atoms with E-state index in [4.69, 9.17) is 9.26 Å². The highest BCUT2D eigenvalue weighted by Gasteiger charge is 2.46. The van der Waals surface area contributed by atoms with Crippen molar-refractivity contribution >= 4 is 5.91 Å². The van der Waals surface area contributed by atoms with Crippen LogP contribution >= 0.6 is 0 Å². The number of aryl methyl sites for hydroxylation is 1. The topological polar surface area (TPSA) is 58.8 Å². The number of ether oxygens (including phenoxy) is 1. The van der Waals surface area contributed by atoms with Crippen molar-refractivity contribution in [3.63, 3.8) is 0 Å². The number of likely N-dealkylation sites (tertiary alicyclic amines) is 1. The zero-order valence-electron chi connectivity index (χ0n) is 16.8. The summed E-state index contributed by atoms with van der Waals surface area (Å²) in [5, 5.41) is 3.83. The first-order chi connectivity index (χ1) is 13.7. The van der Waals surface area contributed by atoms with Gasteiger partial charge in [0.15, 0.2) is 0 Å². The van der Waals surface area contributed by atoms with Crippen LogP contribution < -0.4 is 4.74 Å². The monoisotopic (exact) mass is 385 g/mol. The summed E-state index contributed by atoms with van der Waals surface area (Å²) < 4.78 is 10.3. The normalized spacial score (nSPS) is 32.3. The maximum absolute atomic E-state index is 13.1. The highest BCUT2D eigenvalue weighted by molar-refractivity contribution is 5.77. The van der Waals surface area contributed by atoms with Crippen LogP contribution in [0.25, 0.3) is 0 Å². The van der Waals surface area contributed by atoms with Crippen molar-refractivity contribution in [1.82, 2.24) is 15.0 Å². The first kappa shape index (κ1) is 18.2. The summed E-state index contributed by atoms with van der Waals surface area (Å²) in [5.74, 6) is 2.76. The van der Waals surface area contributed by atoms with E-state index in [2.05, 4.69) is 21.0 Å². The van der Waals surface area contributed by atoms with Gasteiger partial charge in [0.05, 0.1) is 13.2 Å². The van der Waals surface area contributed by atoms with E-state index >= 15 is 0 Å². The van der Waals surface area contributed by atoms with Gasteiger partial charge in [-0.1, -0.05) is 18.1 Å². The number of carbonyl (C=O) groups excluding carboxylic acids is 1. The number of amides is 1. The van der Waals surface area contributed by atoms with Gasteiger partial charge < -0.3 is 14.2 Å². The summed E-state index contributed by atoms with van der Waals surface area (Å²) in [4.78, 5) is 18.1. The van der Waals surface area contributed by atoms with E-state index in [1.54, 1.807) is 18.7 Å². The molecule has 0 N–H and O–H groups in total. The molecule has 1 aromatic heterocycles. The van der Waals surface area contributed by atoms with E-state index in [1.807, 2.05) is 0 Å². The maximum atomic E-state index is 13.1. The Labute approximate surface area is 166 Å². The van der Waals surface area contributed by atoms with Crippen LogP contribution in [0.1, 0.15) is 50.7 Å². The van der Waals surface area contributed by atoms with E-state index in [-0.39, 0.29) is 5.91 Å². The van der Waals surface area contributed by atoms with Gasteiger partial charge >= 0.3 is 0 Å². The highest BCUT2D eigenvalue weighted by atomic mass is 16.5. The first-order valence-electron chi connectivity index (χ1n) is 11.0. The molecule has 4 aliphatic rings. The number of piperidine rings is 3. The number of aromatic nitrogens is 1. The van der Waals surface area contributed by atoms with E-state index in [9.17, 15) is 4.79 Å². The summed E-state index contributed by atoms with van der Waals surface area (Å²) in [7, 11) is 1.57. The maximum Gasteiger partial charge on any atom is 0.254 e. The summed E-state index contributed by atoms with van der Waals surface area (Å²) >= 11 is 0. The number of methoxy groups -OCH3 is 1. The van der Waals surface area contributed by atoms with Crippen LogP contribution in [-0.4, -0.2) is 59.7 Å². The molecule has 4 heterocycles. The van der Waals surface area contributed by atoms with Gasteiger partial charge in [0.1, 0.15) is 5.76 Å². The Kier molecular flexibility index (Phi) is 4.91. The minimum Gasteiger partial charge on any atom is -0.479 e. The Balaban J connectivity index is 1.30. The molecule has 6 nitrogen and oxygen atoms in total. The van der Waals surface area contributed by atoms with Crippen LogP contribution in [-0.2, 0) is 11.2 Å². The molecule has 0 aromatic carbocycles. The number of hydrogen-bond donors (Lipinski definition) is 0. The first-order valence-corrected chi connectivity index (χ1v) is 11.0. The summed E-state index contributed by atoms with van der Waals surface area (Å²) in [6, 6.07) is 2.85. The molecule has 28 heavy (non-hydrogen) atoms. The smallest absolute Gasteiger partial charge is 0.254 e. The fraction of sp³-hybridized carbons (Fsp3) is 0.727. The van der Waals surface area contributed by atoms with Gasteiger partial charge in [0, 0.05) is 38.0 Å². The summed E-state index contributed by atoms with van der Waals surface area (Å²) in [6.07, 6.45) is 11.2. The molecular formula is C22H31N3O3. The second kappa shape index (κ2) is 7.54. The van der Waals surface area contributed by atoms with E-state index in [0.717, 1.165) is 24.8 Å². The minimum atomic E-state index is 0.255. The number of hydrogen-bond acceptors (Lipinski definition) is 5. The van der Waals surface area contributed by atoms with Crippen molar-refractivity contribution < 1.29 is 14.1 Å². The van der Waals surface area contributed by atoms with Crippen molar-refractivity contribution in [1.29, 1.82) is 0 Å². The van der Waals surface area contributed by atoms with Gasteiger partial charge in [0.25, 0.3) is 5.88 Å². The van der Waals surface area contributed by atoms with Crippen LogP contribution in [0.3, 0.4) is 0 Å². The van der Waals surface area contributed by atoms with Gasteiger partial charge in [-0.2, -0.15) is 0 Å². The van der Waals surface area contributed by atoms with Crippen LogP contribution in [0.2, 0.25) is 0 Å². The van der Waals surface area contributed by atoms with Crippen molar-refractivity contribution in [3.05, 3.63) is 23.5 Å². The van der Waals surface area contributed by atoms with Crippen LogP contribution in [0.5, 0.6) is 5.88 Å². The second-order valence-corrected chi connectivity index (χ2v) is 8.93. The molecule has 4 atom stereocenters. The molecule has 3 aliphatic heterocycles. The van der Waals surface area contributed by atoms with Gasteiger partial charge in [0.2, 0.25) is 5.91 Å². The number of rotatable bonds is 4. The Morgan fingerprint density at radius 1 is 1.32 bits per heavy atom. The zero-order valence-corrected chi connectivity index (χ0v) is 16.8. The number of fused-ring (bicyclic) bond motifs is 6. The largest absolute Gasteiger partial charge is 0.479 e. The third-order valence-electron chi connectivity index (χ3n) is 7.31. The third kappa shape index (κ3) is 3.25. The summed E-state index contributed by atoms with van der Waals surface area (Å²) in [5.41, 5.74) is 1.55. The van der Waals surface area contributed by atoms with Crippen LogP contribution in [0, 0.1) is 11.8 Å². The fourth-order valence-electron chi connectivity index (χ4n) is 6.13. The SMILES string of the molecule is COc1cc(CCC(=O)N2CCCC3=CC4CC(CN5CCCCC45)C32)on1. The second-order valence-electron chi connectivity index (χ2n) is 8.93. The number of nitrogens with zero attached hydrogens (tertiary/aromatic N) is 3. The zero-order chi connectivity index (χ0) is 19.1. The quantitative estimate of drug-likeness (QED) is 0.746. The van der Waals surface area contributed by atoms with Gasteiger partial charge in [-0.3, -0.25) is 9.69 Å². The molecule has 152 valence electrons. The van der Waals surface area contributed by atoms with Gasteiger partial charge in [-0.25, -0.2) is 0 Å². The average Bonchev–Trinajstić information content (AvgIpc) is 3.20. The molecule has 3 fully saturated rings. The molecule has 3 saturated heterocycles. The Bertz CT molecular complexity index is 758. The van der Waals surface area contributed by atoms with Crippen molar-refractivity contribution in [2.24, 2.45) is 11.8 Å². The lowest BCUT2D eigenvalue weighted by Crippen LogP contribution is -2.60. The Morgan fingerprint density at radius 3 is 3.11 bits per heavy atom. The molecule has 5 rings (SSSR count). The Morgan fingerprint density at radius 2 is 2.25 bits per heavy atom. The highest BCUT2D eigenvalue weighted by Crippen LogP contribution is 2.45. The van der Waals surface area contributed by atoms with Crippen molar-refractivity contribution in [3.8, 4) is 5.88 Å². The Hall–Kier alpha value is -1.82. The van der Waals surface area contributed by atoms with Gasteiger partial charge in [-0.05, 0) is 55.6 Å². The third-order valence-corrected chi connectivity index (χ3v) is 7.31. The predicted octanol–water partition coefficient (Wildman–Crippen LogP) is 3.04. The molecule has 0 saturated carbocycles. The molecule has 2 bridgehead atoms. The number of carbonyl (C=O) groups is 1. The van der Waals surface area contributed by atoms with Crippen molar-refractivity contribution in [2.45, 2.75) is 63.5 Å². The molecule has 0 radical (unpaired) electrons. The van der Waals surface area contributed by atoms with Crippen LogP contribution in [0.4, 0.5) is 0 Å². The lowest BCUT2D eigenvalue weighted by Gasteiger charge is -2.54. The lowest BCUT2D eigenvalue weighted by molar-refractivity contribution is -0.136. The minimum absolute atomic E-state index is 0.255. The van der Waals surface area contributed by atoms with E-state index in [1.165, 1.54) is 45.2 Å². The average molecular weight is 386 g/mol. The molecule has 1 amide bonds. The standard InChI is InChI=1S/C22H31N3O3/c1-27-20-13-18(28-23-20)7-8-21(26)25-10-4-5-15-11-16-12-17(22(15)25)14-24-9-3-2-6-19(16)24/h11,13,16-17,19,22H,2-10,12,14H2,1H3. The fourth-order valence-corrected chi connectivity index (χ4v) is 6.13.